The third-order valence-corrected chi connectivity index (χ3v) is 3.17. The zero-order chi connectivity index (χ0) is 14.8. The maximum Gasteiger partial charge on any atom is 0.419 e. The van der Waals surface area contributed by atoms with Crippen molar-refractivity contribution in [1.29, 1.82) is 0 Å². The molecule has 0 unspecified atom stereocenters. The number of piperidine rings is 1. The van der Waals surface area contributed by atoms with E-state index in [4.69, 9.17) is 0 Å². The molecule has 1 amide bonds. The molecule has 1 saturated heterocycles. The minimum Gasteiger partial charge on any atom is -0.325 e. The Morgan fingerprint density at radius 1 is 1.30 bits per heavy atom. The summed E-state index contributed by atoms with van der Waals surface area (Å²) in [5, 5.41) is 5.37. The van der Waals surface area contributed by atoms with E-state index in [0.717, 1.165) is 18.9 Å². The van der Waals surface area contributed by atoms with Crippen molar-refractivity contribution in [3.8, 4) is 0 Å². The number of hydrogen-bond donors (Lipinski definition) is 2. The molecule has 1 heterocycles. The smallest absolute Gasteiger partial charge is 0.325 e. The lowest BCUT2D eigenvalue weighted by atomic mass is 10.0. The molecule has 0 aliphatic carbocycles. The summed E-state index contributed by atoms with van der Waals surface area (Å²) in [5.41, 5.74) is -1.44. The third kappa shape index (κ3) is 3.47. The summed E-state index contributed by atoms with van der Waals surface area (Å²) in [6.45, 7) is 0.704. The van der Waals surface area contributed by atoms with E-state index in [9.17, 15) is 22.4 Å². The van der Waals surface area contributed by atoms with Crippen molar-refractivity contribution in [3.05, 3.63) is 29.6 Å². The monoisotopic (exact) mass is 290 g/mol. The summed E-state index contributed by atoms with van der Waals surface area (Å²) in [7, 11) is 0. The van der Waals surface area contributed by atoms with Gasteiger partial charge in [0.2, 0.25) is 5.91 Å². The quantitative estimate of drug-likeness (QED) is 0.822. The number of amides is 1. The number of carbonyl (C=O) groups excluding carboxylic acids is 1. The Bertz CT molecular complexity index is 496. The van der Waals surface area contributed by atoms with E-state index in [1.807, 2.05) is 0 Å². The van der Waals surface area contributed by atoms with E-state index >= 15 is 0 Å². The number of hydrogen-bond acceptors (Lipinski definition) is 2. The molecule has 3 nitrogen and oxygen atoms in total. The fourth-order valence-electron chi connectivity index (χ4n) is 2.13. The summed E-state index contributed by atoms with van der Waals surface area (Å²) in [4.78, 5) is 11.9. The molecule has 1 aliphatic heterocycles. The van der Waals surface area contributed by atoms with Gasteiger partial charge in [0.1, 0.15) is 5.82 Å². The van der Waals surface area contributed by atoms with Gasteiger partial charge in [0, 0.05) is 5.69 Å². The van der Waals surface area contributed by atoms with Crippen LogP contribution in [0.3, 0.4) is 0 Å². The van der Waals surface area contributed by atoms with Crippen molar-refractivity contribution in [2.24, 2.45) is 0 Å². The van der Waals surface area contributed by atoms with Crippen LogP contribution in [0.15, 0.2) is 18.2 Å². The number of carbonyl (C=O) groups is 1. The van der Waals surface area contributed by atoms with Crippen LogP contribution < -0.4 is 10.6 Å². The van der Waals surface area contributed by atoms with Gasteiger partial charge < -0.3 is 10.6 Å². The second kappa shape index (κ2) is 5.78. The van der Waals surface area contributed by atoms with Gasteiger partial charge in [-0.2, -0.15) is 13.2 Å². The number of halogens is 4. The number of nitrogens with one attached hydrogen (secondary N) is 2. The van der Waals surface area contributed by atoms with E-state index in [-0.39, 0.29) is 5.69 Å². The maximum atomic E-state index is 13.1. The first-order valence-electron chi connectivity index (χ1n) is 6.29. The largest absolute Gasteiger partial charge is 0.419 e. The summed E-state index contributed by atoms with van der Waals surface area (Å²) >= 11 is 0. The highest BCUT2D eigenvalue weighted by atomic mass is 19.4. The number of anilines is 1. The Morgan fingerprint density at radius 3 is 2.65 bits per heavy atom. The molecule has 1 atom stereocenters. The lowest BCUT2D eigenvalue weighted by Gasteiger charge is -2.22. The first-order chi connectivity index (χ1) is 9.38. The van der Waals surface area contributed by atoms with Gasteiger partial charge in [-0.15, -0.1) is 0 Å². The molecule has 1 fully saturated rings. The second-order valence-electron chi connectivity index (χ2n) is 4.68. The first kappa shape index (κ1) is 14.8. The molecule has 7 heteroatoms. The highest BCUT2D eigenvalue weighted by Crippen LogP contribution is 2.33. The van der Waals surface area contributed by atoms with Crippen LogP contribution in [0.2, 0.25) is 0 Å². The second-order valence-corrected chi connectivity index (χ2v) is 4.68. The van der Waals surface area contributed by atoms with Crippen molar-refractivity contribution in [2.45, 2.75) is 31.5 Å². The minimum atomic E-state index is -4.78. The van der Waals surface area contributed by atoms with Gasteiger partial charge >= 0.3 is 6.18 Å². The third-order valence-electron chi connectivity index (χ3n) is 3.17. The summed E-state index contributed by atoms with van der Waals surface area (Å²) in [6.07, 6.45) is -2.28. The van der Waals surface area contributed by atoms with E-state index in [2.05, 4.69) is 10.6 Å². The molecule has 110 valence electrons. The van der Waals surface area contributed by atoms with E-state index in [1.54, 1.807) is 0 Å². The standard InChI is InChI=1S/C13H14F4N2O/c14-10-5-4-8(7-9(10)13(15,16)17)19-12(20)11-3-1-2-6-18-11/h4-5,7,11,18H,1-3,6H2,(H,19,20)/t11-/m1/s1. The summed E-state index contributed by atoms with van der Waals surface area (Å²) in [5.74, 6) is -1.75. The molecule has 0 saturated carbocycles. The predicted octanol–water partition coefficient (Wildman–Crippen LogP) is 2.93. The van der Waals surface area contributed by atoms with Crippen LogP contribution in [0.5, 0.6) is 0 Å². The van der Waals surface area contributed by atoms with Crippen LogP contribution >= 0.6 is 0 Å². The van der Waals surface area contributed by atoms with Crippen molar-refractivity contribution in [3.63, 3.8) is 0 Å². The van der Waals surface area contributed by atoms with Gasteiger partial charge in [0.25, 0.3) is 0 Å². The molecule has 0 radical (unpaired) electrons. The zero-order valence-electron chi connectivity index (χ0n) is 10.6. The van der Waals surface area contributed by atoms with E-state index < -0.39 is 29.5 Å². The van der Waals surface area contributed by atoms with Crippen molar-refractivity contribution in [2.75, 3.05) is 11.9 Å². The molecule has 1 aromatic rings. The molecule has 0 bridgehead atoms. The Kier molecular flexibility index (Phi) is 4.27. The Morgan fingerprint density at radius 2 is 2.05 bits per heavy atom. The molecule has 2 N–H and O–H groups in total. The van der Waals surface area contributed by atoms with Gasteiger partial charge in [0.15, 0.2) is 0 Å². The van der Waals surface area contributed by atoms with Crippen LogP contribution in [0.4, 0.5) is 23.2 Å². The molecule has 1 aromatic carbocycles. The number of alkyl halides is 3. The molecule has 1 aliphatic rings. The van der Waals surface area contributed by atoms with Gasteiger partial charge in [-0.1, -0.05) is 6.42 Å². The number of rotatable bonds is 2. The van der Waals surface area contributed by atoms with Crippen LogP contribution in [-0.4, -0.2) is 18.5 Å². The van der Waals surface area contributed by atoms with Gasteiger partial charge in [0.05, 0.1) is 11.6 Å². The van der Waals surface area contributed by atoms with Crippen molar-refractivity contribution < 1.29 is 22.4 Å². The molecule has 0 spiro atoms. The Balaban J connectivity index is 2.11. The highest BCUT2D eigenvalue weighted by molar-refractivity contribution is 5.94. The topological polar surface area (TPSA) is 41.1 Å². The molecule has 20 heavy (non-hydrogen) atoms. The Labute approximate surface area is 113 Å². The fraction of sp³-hybridized carbons (Fsp3) is 0.462. The van der Waals surface area contributed by atoms with Crippen molar-refractivity contribution in [1.82, 2.24) is 5.32 Å². The molecular weight excluding hydrogens is 276 g/mol. The van der Waals surface area contributed by atoms with Crippen LogP contribution in [-0.2, 0) is 11.0 Å². The molecule has 2 rings (SSSR count). The fourth-order valence-corrected chi connectivity index (χ4v) is 2.13. The Hall–Kier alpha value is -1.63. The van der Waals surface area contributed by atoms with E-state index in [1.165, 1.54) is 0 Å². The highest BCUT2D eigenvalue weighted by Gasteiger charge is 2.34. The van der Waals surface area contributed by atoms with Crippen LogP contribution in [0, 0.1) is 5.82 Å². The summed E-state index contributed by atoms with van der Waals surface area (Å²) in [6, 6.07) is 2.01. The summed E-state index contributed by atoms with van der Waals surface area (Å²) < 4.78 is 50.8. The SMILES string of the molecule is O=C(Nc1ccc(F)c(C(F)(F)F)c1)[C@H]1CCCCN1. The van der Waals surface area contributed by atoms with Crippen LogP contribution in [0.1, 0.15) is 24.8 Å². The van der Waals surface area contributed by atoms with Crippen molar-refractivity contribution >= 4 is 11.6 Å². The lowest BCUT2D eigenvalue weighted by Crippen LogP contribution is -2.43. The van der Waals surface area contributed by atoms with Crippen LogP contribution in [0.25, 0.3) is 0 Å². The van der Waals surface area contributed by atoms with E-state index in [0.29, 0.717) is 25.1 Å². The molecule has 0 aromatic heterocycles. The van der Waals surface area contributed by atoms with Gasteiger partial charge in [-0.3, -0.25) is 4.79 Å². The van der Waals surface area contributed by atoms with Gasteiger partial charge in [-0.25, -0.2) is 4.39 Å². The number of benzene rings is 1. The predicted molar refractivity (Wildman–Crippen MR) is 65.7 cm³/mol. The normalized spacial score (nSPS) is 19.7. The average molecular weight is 290 g/mol. The minimum absolute atomic E-state index is 0.0592. The average Bonchev–Trinajstić information content (AvgIpc) is 2.40. The molecular formula is C13H14F4N2O. The zero-order valence-corrected chi connectivity index (χ0v) is 10.6. The van der Waals surface area contributed by atoms with Gasteiger partial charge in [-0.05, 0) is 37.6 Å². The lowest BCUT2D eigenvalue weighted by molar-refractivity contribution is -0.140. The maximum absolute atomic E-state index is 13.1. The first-order valence-corrected chi connectivity index (χ1v) is 6.29.